The molecule has 1 aliphatic heterocycles. The Balaban J connectivity index is 2.50. The largest absolute Gasteiger partial charge is 0.491 e. The quantitative estimate of drug-likeness (QED) is 0.596. The zero-order valence-corrected chi connectivity index (χ0v) is 6.00. The maximum Gasteiger partial charge on any atom is 0.147 e. The van der Waals surface area contributed by atoms with Crippen LogP contribution in [-0.2, 0) is 6.42 Å². The molecule has 1 heterocycles. The summed E-state index contributed by atoms with van der Waals surface area (Å²) in [4.78, 5) is 0. The molecule has 3 nitrogen and oxygen atoms in total. The third-order valence-corrected chi connectivity index (χ3v) is 1.83. The second kappa shape index (κ2) is 2.43. The molecule has 58 valence electrons. The molecule has 0 aliphatic carbocycles. The van der Waals surface area contributed by atoms with E-state index in [1.165, 1.54) is 0 Å². The molecule has 0 saturated heterocycles. The van der Waals surface area contributed by atoms with Crippen LogP contribution in [0.3, 0.4) is 0 Å². The van der Waals surface area contributed by atoms with E-state index in [1.807, 2.05) is 12.1 Å². The van der Waals surface area contributed by atoms with Gasteiger partial charge in [-0.15, -0.1) is 0 Å². The molecule has 0 fully saturated rings. The molecule has 0 spiro atoms. The van der Waals surface area contributed by atoms with Crippen molar-refractivity contribution in [3.8, 4) is 5.75 Å². The van der Waals surface area contributed by atoms with Gasteiger partial charge >= 0.3 is 0 Å². The minimum absolute atomic E-state index is 0.653. The van der Waals surface area contributed by atoms with Crippen LogP contribution < -0.4 is 10.2 Å². The van der Waals surface area contributed by atoms with Gasteiger partial charge in [0.15, 0.2) is 0 Å². The number of fused-ring (bicyclic) bond motifs is 1. The standard InChI is InChI=1S/C8H9NO2/c10-9-7-3-1-2-6-4-5-11-8(6)7/h1-3,9-10H,4-5H2. The van der Waals surface area contributed by atoms with E-state index in [0.29, 0.717) is 12.3 Å². The van der Waals surface area contributed by atoms with Gasteiger partial charge in [0.1, 0.15) is 11.4 Å². The lowest BCUT2D eigenvalue weighted by molar-refractivity contribution is 0.346. The van der Waals surface area contributed by atoms with E-state index in [0.717, 1.165) is 17.7 Å². The highest BCUT2D eigenvalue weighted by atomic mass is 16.5. The Labute approximate surface area is 64.6 Å². The highest BCUT2D eigenvalue weighted by Crippen LogP contribution is 2.32. The summed E-state index contributed by atoms with van der Waals surface area (Å²) in [7, 11) is 0. The maximum absolute atomic E-state index is 8.67. The van der Waals surface area contributed by atoms with Crippen LogP contribution in [-0.4, -0.2) is 11.8 Å². The zero-order valence-electron chi connectivity index (χ0n) is 6.00. The number of hydrogen-bond donors (Lipinski definition) is 2. The van der Waals surface area contributed by atoms with Crippen LogP contribution in [0.25, 0.3) is 0 Å². The zero-order chi connectivity index (χ0) is 7.68. The van der Waals surface area contributed by atoms with E-state index in [2.05, 4.69) is 5.48 Å². The summed E-state index contributed by atoms with van der Waals surface area (Å²) in [5.74, 6) is 0.787. The van der Waals surface area contributed by atoms with E-state index in [-0.39, 0.29) is 0 Å². The van der Waals surface area contributed by atoms with Gasteiger partial charge in [-0.05, 0) is 11.6 Å². The van der Waals surface area contributed by atoms with Gasteiger partial charge < -0.3 is 4.74 Å². The number of rotatable bonds is 1. The molecule has 0 bridgehead atoms. The van der Waals surface area contributed by atoms with E-state index in [4.69, 9.17) is 9.94 Å². The second-order valence-corrected chi connectivity index (χ2v) is 2.50. The molecule has 0 atom stereocenters. The summed E-state index contributed by atoms with van der Waals surface area (Å²) in [5.41, 5.74) is 3.91. The van der Waals surface area contributed by atoms with Crippen LogP contribution in [0.1, 0.15) is 5.56 Å². The van der Waals surface area contributed by atoms with E-state index in [9.17, 15) is 0 Å². The Kier molecular flexibility index (Phi) is 1.43. The molecule has 1 aromatic carbocycles. The van der Waals surface area contributed by atoms with Crippen LogP contribution in [0.15, 0.2) is 18.2 Å². The molecule has 0 aromatic heterocycles. The summed E-state index contributed by atoms with van der Waals surface area (Å²) in [6.07, 6.45) is 0.935. The summed E-state index contributed by atoms with van der Waals surface area (Å²) in [5, 5.41) is 8.67. The summed E-state index contributed by atoms with van der Waals surface area (Å²) in [6.45, 7) is 0.716. The maximum atomic E-state index is 8.67. The molecule has 1 aromatic rings. The number of hydrogen-bond acceptors (Lipinski definition) is 3. The van der Waals surface area contributed by atoms with Crippen LogP contribution in [0, 0.1) is 0 Å². The minimum Gasteiger partial charge on any atom is -0.491 e. The van der Waals surface area contributed by atoms with E-state index >= 15 is 0 Å². The van der Waals surface area contributed by atoms with Crippen LogP contribution in [0.2, 0.25) is 0 Å². The summed E-state index contributed by atoms with van der Waals surface area (Å²) < 4.78 is 5.30. The Bertz CT molecular complexity index is 273. The Hall–Kier alpha value is -1.22. The monoisotopic (exact) mass is 151 g/mol. The first kappa shape index (κ1) is 6.49. The van der Waals surface area contributed by atoms with Crippen molar-refractivity contribution in [2.45, 2.75) is 6.42 Å². The number of nitrogens with one attached hydrogen (secondary N) is 1. The van der Waals surface area contributed by atoms with Crippen molar-refractivity contribution in [3.63, 3.8) is 0 Å². The number of benzene rings is 1. The predicted octanol–water partition coefficient (Wildman–Crippen LogP) is 1.42. The van der Waals surface area contributed by atoms with Crippen molar-refractivity contribution in [1.82, 2.24) is 0 Å². The molecule has 1 aliphatic rings. The fraction of sp³-hybridized carbons (Fsp3) is 0.250. The van der Waals surface area contributed by atoms with E-state index in [1.54, 1.807) is 6.07 Å². The average molecular weight is 151 g/mol. The van der Waals surface area contributed by atoms with Gasteiger partial charge in [0.05, 0.1) is 6.61 Å². The lowest BCUT2D eigenvalue weighted by Gasteiger charge is -2.04. The first-order valence-corrected chi connectivity index (χ1v) is 3.56. The van der Waals surface area contributed by atoms with Gasteiger partial charge in [-0.1, -0.05) is 12.1 Å². The van der Waals surface area contributed by atoms with Gasteiger partial charge in [0.25, 0.3) is 0 Å². The van der Waals surface area contributed by atoms with Crippen LogP contribution >= 0.6 is 0 Å². The van der Waals surface area contributed by atoms with Crippen molar-refractivity contribution >= 4 is 5.69 Å². The average Bonchev–Trinajstić information content (AvgIpc) is 2.50. The molecule has 0 amide bonds. The van der Waals surface area contributed by atoms with Crippen molar-refractivity contribution in [1.29, 1.82) is 0 Å². The van der Waals surface area contributed by atoms with Crippen molar-refractivity contribution in [3.05, 3.63) is 23.8 Å². The fourth-order valence-corrected chi connectivity index (χ4v) is 1.30. The first-order chi connectivity index (χ1) is 5.42. The molecule has 11 heavy (non-hydrogen) atoms. The molecule has 2 rings (SSSR count). The lowest BCUT2D eigenvalue weighted by atomic mass is 10.1. The molecule has 2 N–H and O–H groups in total. The van der Waals surface area contributed by atoms with Crippen molar-refractivity contribution in [2.75, 3.05) is 12.1 Å². The summed E-state index contributed by atoms with van der Waals surface area (Å²) >= 11 is 0. The molecule has 3 heteroatoms. The number of anilines is 1. The predicted molar refractivity (Wildman–Crippen MR) is 41.1 cm³/mol. The normalized spacial score (nSPS) is 13.9. The first-order valence-electron chi connectivity index (χ1n) is 3.56. The number of para-hydroxylation sites is 1. The molecular weight excluding hydrogens is 142 g/mol. The molecule has 0 radical (unpaired) electrons. The van der Waals surface area contributed by atoms with Crippen molar-refractivity contribution in [2.24, 2.45) is 0 Å². The highest BCUT2D eigenvalue weighted by molar-refractivity contribution is 5.60. The van der Waals surface area contributed by atoms with E-state index < -0.39 is 0 Å². The third-order valence-electron chi connectivity index (χ3n) is 1.83. The third kappa shape index (κ3) is 0.935. The minimum atomic E-state index is 0.653. The smallest absolute Gasteiger partial charge is 0.147 e. The van der Waals surface area contributed by atoms with Gasteiger partial charge in [-0.2, -0.15) is 0 Å². The Morgan fingerprint density at radius 1 is 1.45 bits per heavy atom. The molecule has 0 unspecified atom stereocenters. The lowest BCUT2D eigenvalue weighted by Crippen LogP contribution is -1.93. The fourth-order valence-electron chi connectivity index (χ4n) is 1.30. The second-order valence-electron chi connectivity index (χ2n) is 2.50. The number of ether oxygens (including phenoxy) is 1. The summed E-state index contributed by atoms with van der Waals surface area (Å²) in [6, 6.07) is 5.68. The van der Waals surface area contributed by atoms with Crippen LogP contribution in [0.5, 0.6) is 5.75 Å². The highest BCUT2D eigenvalue weighted by Gasteiger charge is 2.14. The molecular formula is C8H9NO2. The Morgan fingerprint density at radius 2 is 2.36 bits per heavy atom. The van der Waals surface area contributed by atoms with Gasteiger partial charge in [-0.3, -0.25) is 10.7 Å². The Morgan fingerprint density at radius 3 is 3.18 bits per heavy atom. The molecule has 0 saturated carbocycles. The van der Waals surface area contributed by atoms with Gasteiger partial charge in [-0.25, -0.2) is 0 Å². The van der Waals surface area contributed by atoms with Crippen molar-refractivity contribution < 1.29 is 9.94 Å². The van der Waals surface area contributed by atoms with Crippen LogP contribution in [0.4, 0.5) is 5.69 Å². The SMILES string of the molecule is ONc1cccc2c1OCC2. The van der Waals surface area contributed by atoms with Gasteiger partial charge in [0, 0.05) is 6.42 Å². The van der Waals surface area contributed by atoms with Gasteiger partial charge in [0.2, 0.25) is 0 Å². The topological polar surface area (TPSA) is 41.5 Å².